The van der Waals surface area contributed by atoms with Crippen LogP contribution in [0.2, 0.25) is 0 Å². The first-order valence-electron chi connectivity index (χ1n) is 8.85. The fourth-order valence-electron chi connectivity index (χ4n) is 2.92. The fourth-order valence-corrected chi connectivity index (χ4v) is 4.18. The van der Waals surface area contributed by atoms with Crippen molar-refractivity contribution in [3.63, 3.8) is 0 Å². The Hall–Kier alpha value is -2.85. The monoisotopic (exact) mass is 384 g/mol. The molecule has 2 aromatic rings. The first kappa shape index (κ1) is 18.9. The summed E-state index contributed by atoms with van der Waals surface area (Å²) in [5.74, 6) is -0.275. The Balaban J connectivity index is 1.44. The van der Waals surface area contributed by atoms with Crippen LogP contribution in [-0.2, 0) is 27.2 Å². The number of nitrogens with one attached hydrogen (secondary N) is 1. The van der Waals surface area contributed by atoms with E-state index in [1.54, 1.807) is 12.1 Å². The lowest BCUT2D eigenvalue weighted by molar-refractivity contribution is -0.147. The summed E-state index contributed by atoms with van der Waals surface area (Å²) >= 11 is 1.45. The molecule has 0 fully saturated rings. The maximum absolute atomic E-state index is 12.1. The van der Waals surface area contributed by atoms with Gasteiger partial charge < -0.3 is 14.8 Å². The number of carbonyl (C=O) groups excluding carboxylic acids is 2. The number of hydrogen-bond acceptors (Lipinski definition) is 6. The van der Waals surface area contributed by atoms with E-state index in [0.717, 1.165) is 31.2 Å². The average Bonchev–Trinajstić information content (AvgIpc) is 3.04. The Kier molecular flexibility index (Phi) is 6.44. The molecule has 1 N–H and O–H groups in total. The van der Waals surface area contributed by atoms with Crippen molar-refractivity contribution in [1.82, 2.24) is 0 Å². The van der Waals surface area contributed by atoms with Gasteiger partial charge in [-0.3, -0.25) is 9.59 Å². The quantitative estimate of drug-likeness (QED) is 0.739. The summed E-state index contributed by atoms with van der Waals surface area (Å²) in [7, 11) is 0. The third-order valence-electron chi connectivity index (χ3n) is 4.22. The maximum Gasteiger partial charge on any atom is 0.309 e. The molecule has 0 atom stereocenters. The van der Waals surface area contributed by atoms with Crippen LogP contribution in [0.25, 0.3) is 0 Å². The Labute approximate surface area is 161 Å². The van der Waals surface area contributed by atoms with Crippen molar-refractivity contribution in [3.8, 4) is 11.8 Å². The Morgan fingerprint density at radius 1 is 1.19 bits per heavy atom. The van der Waals surface area contributed by atoms with Crippen LogP contribution >= 0.6 is 11.3 Å². The van der Waals surface area contributed by atoms with Crippen LogP contribution in [0.15, 0.2) is 30.3 Å². The molecule has 6 nitrogen and oxygen atoms in total. The molecule has 1 aliphatic carbocycles. The standard InChI is InChI=1S/C20H20N2O4S/c21-12-16-15-8-4-5-9-17(15)27-20(16)22-18(23)13-26-19(24)10-11-25-14-6-2-1-3-7-14/h1-3,6-7H,4-5,8-11,13H2,(H,22,23). The molecule has 27 heavy (non-hydrogen) atoms. The highest BCUT2D eigenvalue weighted by Gasteiger charge is 2.22. The van der Waals surface area contributed by atoms with Crippen LogP contribution in [0.5, 0.6) is 5.75 Å². The summed E-state index contributed by atoms with van der Waals surface area (Å²) in [4.78, 5) is 25.0. The number of para-hydroxylation sites is 1. The van der Waals surface area contributed by atoms with Gasteiger partial charge in [-0.1, -0.05) is 18.2 Å². The maximum atomic E-state index is 12.1. The van der Waals surface area contributed by atoms with Crippen molar-refractivity contribution in [2.24, 2.45) is 0 Å². The molecule has 0 saturated carbocycles. The normalized spacial score (nSPS) is 12.6. The molecule has 1 aromatic carbocycles. The number of ether oxygens (including phenoxy) is 2. The highest BCUT2D eigenvalue weighted by molar-refractivity contribution is 7.16. The molecular weight excluding hydrogens is 364 g/mol. The van der Waals surface area contributed by atoms with E-state index in [4.69, 9.17) is 9.47 Å². The first-order chi connectivity index (χ1) is 13.2. The number of nitrogens with zero attached hydrogens (tertiary/aromatic N) is 1. The van der Waals surface area contributed by atoms with Gasteiger partial charge in [0.2, 0.25) is 0 Å². The van der Waals surface area contributed by atoms with Crippen LogP contribution in [-0.4, -0.2) is 25.1 Å². The molecule has 1 heterocycles. The molecule has 7 heteroatoms. The van der Waals surface area contributed by atoms with Gasteiger partial charge in [-0.15, -0.1) is 11.3 Å². The van der Waals surface area contributed by atoms with Crippen molar-refractivity contribution < 1.29 is 19.1 Å². The molecular formula is C20H20N2O4S. The summed E-state index contributed by atoms with van der Waals surface area (Å²) in [6.07, 6.45) is 4.05. The molecule has 0 saturated heterocycles. The van der Waals surface area contributed by atoms with Gasteiger partial charge in [0, 0.05) is 4.88 Å². The van der Waals surface area contributed by atoms with E-state index in [-0.39, 0.29) is 19.6 Å². The molecule has 3 rings (SSSR count). The first-order valence-corrected chi connectivity index (χ1v) is 9.67. The van der Waals surface area contributed by atoms with Crippen LogP contribution in [0, 0.1) is 11.3 Å². The molecule has 0 aliphatic heterocycles. The number of esters is 1. The van der Waals surface area contributed by atoms with Crippen LogP contribution in [0.4, 0.5) is 5.00 Å². The van der Waals surface area contributed by atoms with Gasteiger partial charge in [0.15, 0.2) is 6.61 Å². The SMILES string of the molecule is N#Cc1c(NC(=O)COC(=O)CCOc2ccccc2)sc2c1CCCC2. The minimum atomic E-state index is -0.507. The molecule has 0 unspecified atom stereocenters. The zero-order chi connectivity index (χ0) is 19.1. The van der Waals surface area contributed by atoms with E-state index in [0.29, 0.717) is 16.3 Å². The number of hydrogen-bond donors (Lipinski definition) is 1. The molecule has 0 radical (unpaired) electrons. The average molecular weight is 384 g/mol. The minimum absolute atomic E-state index is 0.0545. The second-order valence-electron chi connectivity index (χ2n) is 6.15. The lowest BCUT2D eigenvalue weighted by Gasteiger charge is -2.09. The number of nitriles is 1. The molecule has 1 amide bonds. The number of amides is 1. The van der Waals surface area contributed by atoms with E-state index >= 15 is 0 Å². The second-order valence-corrected chi connectivity index (χ2v) is 7.25. The van der Waals surface area contributed by atoms with Gasteiger partial charge in [-0.25, -0.2) is 0 Å². The van der Waals surface area contributed by atoms with Crippen molar-refractivity contribution in [3.05, 3.63) is 46.3 Å². The summed E-state index contributed by atoms with van der Waals surface area (Å²) in [6, 6.07) is 11.3. The van der Waals surface area contributed by atoms with E-state index in [1.807, 2.05) is 18.2 Å². The summed E-state index contributed by atoms with van der Waals surface area (Å²) in [5, 5.41) is 12.6. The van der Waals surface area contributed by atoms with E-state index < -0.39 is 11.9 Å². The van der Waals surface area contributed by atoms with Crippen molar-refractivity contribution in [2.75, 3.05) is 18.5 Å². The number of rotatable bonds is 7. The van der Waals surface area contributed by atoms with Crippen LogP contribution in [0.3, 0.4) is 0 Å². The number of benzene rings is 1. The largest absolute Gasteiger partial charge is 0.493 e. The smallest absolute Gasteiger partial charge is 0.309 e. The van der Waals surface area contributed by atoms with Gasteiger partial charge in [0.25, 0.3) is 5.91 Å². The van der Waals surface area contributed by atoms with Crippen LogP contribution in [0.1, 0.15) is 35.3 Å². The van der Waals surface area contributed by atoms with E-state index in [1.165, 1.54) is 16.2 Å². The highest BCUT2D eigenvalue weighted by atomic mass is 32.1. The van der Waals surface area contributed by atoms with Crippen molar-refractivity contribution >= 4 is 28.2 Å². The zero-order valence-corrected chi connectivity index (χ0v) is 15.6. The third kappa shape index (κ3) is 5.08. The lowest BCUT2D eigenvalue weighted by atomic mass is 9.96. The number of fused-ring (bicyclic) bond motifs is 1. The third-order valence-corrected chi connectivity index (χ3v) is 5.43. The van der Waals surface area contributed by atoms with Crippen molar-refractivity contribution in [1.29, 1.82) is 5.26 Å². The lowest BCUT2D eigenvalue weighted by Crippen LogP contribution is -2.21. The Morgan fingerprint density at radius 2 is 1.96 bits per heavy atom. The van der Waals surface area contributed by atoms with Gasteiger partial charge >= 0.3 is 5.97 Å². The molecule has 0 bridgehead atoms. The van der Waals surface area contributed by atoms with E-state index in [2.05, 4.69) is 11.4 Å². The predicted octanol–water partition coefficient (Wildman–Crippen LogP) is 3.45. The zero-order valence-electron chi connectivity index (χ0n) is 14.8. The predicted molar refractivity (Wildman–Crippen MR) is 102 cm³/mol. The van der Waals surface area contributed by atoms with Gasteiger partial charge in [0.1, 0.15) is 16.8 Å². The van der Waals surface area contributed by atoms with Gasteiger partial charge in [-0.2, -0.15) is 5.26 Å². The molecule has 1 aliphatic rings. The number of carbonyl (C=O) groups is 2. The number of anilines is 1. The van der Waals surface area contributed by atoms with Gasteiger partial charge in [0.05, 0.1) is 18.6 Å². The molecule has 0 spiro atoms. The van der Waals surface area contributed by atoms with Crippen LogP contribution < -0.4 is 10.1 Å². The summed E-state index contributed by atoms with van der Waals surface area (Å²) in [5.41, 5.74) is 1.60. The Bertz CT molecular complexity index is 855. The summed E-state index contributed by atoms with van der Waals surface area (Å²) < 4.78 is 10.4. The number of thiophene rings is 1. The Morgan fingerprint density at radius 3 is 2.74 bits per heavy atom. The van der Waals surface area contributed by atoms with Crippen molar-refractivity contribution in [2.45, 2.75) is 32.1 Å². The fraction of sp³-hybridized carbons (Fsp3) is 0.350. The topological polar surface area (TPSA) is 88.4 Å². The van der Waals surface area contributed by atoms with E-state index in [9.17, 15) is 14.9 Å². The number of aryl methyl sites for hydroxylation is 1. The molecule has 1 aromatic heterocycles. The molecule has 140 valence electrons. The summed E-state index contributed by atoms with van der Waals surface area (Å²) in [6.45, 7) is -0.196. The minimum Gasteiger partial charge on any atom is -0.493 e. The van der Waals surface area contributed by atoms with Gasteiger partial charge in [-0.05, 0) is 43.4 Å². The highest BCUT2D eigenvalue weighted by Crippen LogP contribution is 2.37. The second kappa shape index (κ2) is 9.19.